The van der Waals surface area contributed by atoms with Gasteiger partial charge in [0.2, 0.25) is 0 Å². The zero-order chi connectivity index (χ0) is 19.8. The summed E-state index contributed by atoms with van der Waals surface area (Å²) in [6.45, 7) is 7.36. The molecule has 0 radical (unpaired) electrons. The van der Waals surface area contributed by atoms with Crippen molar-refractivity contribution in [3.05, 3.63) is 16.3 Å². The molecule has 1 aliphatic carbocycles. The van der Waals surface area contributed by atoms with Gasteiger partial charge in [-0.25, -0.2) is 9.97 Å². The number of rotatable bonds is 3. The predicted octanol–water partition coefficient (Wildman–Crippen LogP) is 5.09. The second-order valence-electron chi connectivity index (χ2n) is 8.58. The van der Waals surface area contributed by atoms with E-state index in [1.165, 1.54) is 38.5 Å². The molecule has 1 saturated heterocycles. The first kappa shape index (κ1) is 19.6. The van der Waals surface area contributed by atoms with Crippen LogP contribution in [0.2, 0.25) is 0 Å². The molecule has 1 unspecified atom stereocenters. The molecule has 0 spiro atoms. The van der Waals surface area contributed by atoms with E-state index >= 15 is 0 Å². The van der Waals surface area contributed by atoms with Gasteiger partial charge in [-0.05, 0) is 58.4 Å². The molecule has 1 saturated carbocycles. The van der Waals surface area contributed by atoms with Crippen LogP contribution in [0.4, 0.5) is 5.82 Å². The maximum absolute atomic E-state index is 13.3. The van der Waals surface area contributed by atoms with Gasteiger partial charge in [0.15, 0.2) is 0 Å². The van der Waals surface area contributed by atoms with E-state index in [1.54, 1.807) is 11.3 Å². The fraction of sp³-hybridized carbons (Fsp3) is 0.682. The number of nitrogens with zero attached hydrogens (tertiary/aromatic N) is 4. The number of carbonyl (C=O) groups is 1. The van der Waals surface area contributed by atoms with Gasteiger partial charge in [-0.3, -0.25) is 4.79 Å². The van der Waals surface area contributed by atoms with Crippen molar-refractivity contribution in [1.82, 2.24) is 14.9 Å². The van der Waals surface area contributed by atoms with Gasteiger partial charge in [0, 0.05) is 25.7 Å². The Labute approximate surface area is 172 Å². The molecule has 0 aromatic carbocycles. The summed E-state index contributed by atoms with van der Waals surface area (Å²) in [6.07, 6.45) is 9.70. The van der Waals surface area contributed by atoms with Crippen LogP contribution in [0, 0.1) is 13.8 Å². The molecule has 1 atom stereocenters. The van der Waals surface area contributed by atoms with Crippen molar-refractivity contribution >= 4 is 33.3 Å². The molecule has 0 N–H and O–H groups in total. The molecule has 4 rings (SSSR count). The van der Waals surface area contributed by atoms with Crippen LogP contribution in [0.5, 0.6) is 0 Å². The van der Waals surface area contributed by atoms with Gasteiger partial charge in [-0.15, -0.1) is 11.3 Å². The highest BCUT2D eigenvalue weighted by Gasteiger charge is 2.29. The third-order valence-corrected chi connectivity index (χ3v) is 7.77. The SMILES string of the molecule is Cc1nc(N2CCCCC2C)c2c(C)c(C(=O)N(C)C3CCCCC3)sc2n1. The first-order valence-electron chi connectivity index (χ1n) is 10.8. The molecule has 2 aromatic rings. The number of anilines is 1. The average Bonchev–Trinajstić information content (AvgIpc) is 3.03. The fourth-order valence-corrected chi connectivity index (χ4v) is 6.04. The molecule has 5 nitrogen and oxygen atoms in total. The zero-order valence-corrected chi connectivity index (χ0v) is 18.4. The molecule has 2 fully saturated rings. The Hall–Kier alpha value is -1.69. The minimum Gasteiger partial charge on any atom is -0.353 e. The summed E-state index contributed by atoms with van der Waals surface area (Å²) < 4.78 is 0. The fourth-order valence-electron chi connectivity index (χ4n) is 4.84. The van der Waals surface area contributed by atoms with Crippen LogP contribution in [0.15, 0.2) is 0 Å². The third kappa shape index (κ3) is 3.51. The standard InChI is InChI=1S/C22H32N4OS/c1-14-10-8-9-13-26(14)20-18-15(2)19(28-21(18)24-16(3)23-20)22(27)25(4)17-11-6-5-7-12-17/h14,17H,5-13H2,1-4H3. The first-order valence-corrected chi connectivity index (χ1v) is 11.6. The summed E-state index contributed by atoms with van der Waals surface area (Å²) in [4.78, 5) is 29.1. The van der Waals surface area contributed by atoms with Gasteiger partial charge >= 0.3 is 0 Å². The second kappa shape index (κ2) is 7.97. The van der Waals surface area contributed by atoms with Crippen molar-refractivity contribution in [2.75, 3.05) is 18.5 Å². The highest BCUT2D eigenvalue weighted by Crippen LogP contribution is 2.38. The maximum Gasteiger partial charge on any atom is 0.264 e. The van der Waals surface area contributed by atoms with Gasteiger partial charge in [-0.2, -0.15) is 0 Å². The van der Waals surface area contributed by atoms with Crippen molar-refractivity contribution in [2.24, 2.45) is 0 Å². The monoisotopic (exact) mass is 400 g/mol. The number of hydrogen-bond acceptors (Lipinski definition) is 5. The number of hydrogen-bond donors (Lipinski definition) is 0. The Morgan fingerprint density at radius 2 is 1.79 bits per heavy atom. The van der Waals surface area contributed by atoms with Crippen molar-refractivity contribution in [1.29, 1.82) is 0 Å². The molecular formula is C22H32N4OS. The van der Waals surface area contributed by atoms with Crippen molar-refractivity contribution in [3.63, 3.8) is 0 Å². The first-order chi connectivity index (χ1) is 13.5. The number of thiophene rings is 1. The molecule has 152 valence electrons. The molecule has 2 aromatic heterocycles. The molecule has 2 aliphatic rings. The minimum absolute atomic E-state index is 0.155. The number of aromatic nitrogens is 2. The summed E-state index contributed by atoms with van der Waals surface area (Å²) in [5.41, 5.74) is 1.06. The molecule has 1 amide bonds. The Kier molecular flexibility index (Phi) is 5.59. The molecule has 1 aliphatic heterocycles. The van der Waals surface area contributed by atoms with Crippen LogP contribution in [0.3, 0.4) is 0 Å². The summed E-state index contributed by atoms with van der Waals surface area (Å²) in [7, 11) is 1.98. The summed E-state index contributed by atoms with van der Waals surface area (Å²) >= 11 is 1.55. The van der Waals surface area contributed by atoms with E-state index in [0.717, 1.165) is 51.7 Å². The average molecular weight is 401 g/mol. The van der Waals surface area contributed by atoms with Crippen LogP contribution >= 0.6 is 11.3 Å². The lowest BCUT2D eigenvalue weighted by atomic mass is 9.94. The number of amides is 1. The highest BCUT2D eigenvalue weighted by atomic mass is 32.1. The Bertz CT molecular complexity index is 871. The molecule has 3 heterocycles. The lowest BCUT2D eigenvalue weighted by molar-refractivity contribution is 0.0700. The number of fused-ring (bicyclic) bond motifs is 1. The van der Waals surface area contributed by atoms with Crippen LogP contribution in [-0.2, 0) is 0 Å². The van der Waals surface area contributed by atoms with Gasteiger partial charge in [0.05, 0.1) is 10.3 Å². The molecule has 28 heavy (non-hydrogen) atoms. The lowest BCUT2D eigenvalue weighted by Gasteiger charge is -2.35. The van der Waals surface area contributed by atoms with E-state index in [-0.39, 0.29) is 5.91 Å². The minimum atomic E-state index is 0.155. The Morgan fingerprint density at radius 1 is 1.07 bits per heavy atom. The molecule has 6 heteroatoms. The van der Waals surface area contributed by atoms with Crippen LogP contribution in [0.1, 0.15) is 79.3 Å². The van der Waals surface area contributed by atoms with Gasteiger partial charge in [0.25, 0.3) is 5.91 Å². The topological polar surface area (TPSA) is 49.3 Å². The molecule has 0 bridgehead atoms. The van der Waals surface area contributed by atoms with E-state index in [2.05, 4.69) is 18.7 Å². The Balaban J connectivity index is 1.73. The predicted molar refractivity (Wildman–Crippen MR) is 117 cm³/mol. The van der Waals surface area contributed by atoms with Gasteiger partial charge < -0.3 is 9.80 Å². The highest BCUT2D eigenvalue weighted by molar-refractivity contribution is 7.20. The number of piperidine rings is 1. The van der Waals surface area contributed by atoms with E-state index in [1.807, 2.05) is 18.9 Å². The zero-order valence-electron chi connectivity index (χ0n) is 17.6. The largest absolute Gasteiger partial charge is 0.353 e. The second-order valence-corrected chi connectivity index (χ2v) is 9.58. The quantitative estimate of drug-likeness (QED) is 0.720. The lowest BCUT2D eigenvalue weighted by Crippen LogP contribution is -2.38. The number of aryl methyl sites for hydroxylation is 2. The summed E-state index contributed by atoms with van der Waals surface area (Å²) in [5, 5.41) is 1.09. The maximum atomic E-state index is 13.3. The molecular weight excluding hydrogens is 368 g/mol. The van der Waals surface area contributed by atoms with Crippen molar-refractivity contribution in [3.8, 4) is 0 Å². The summed E-state index contributed by atoms with van der Waals surface area (Å²) in [5.74, 6) is 1.98. The number of carbonyl (C=O) groups excluding carboxylic acids is 1. The van der Waals surface area contributed by atoms with E-state index in [9.17, 15) is 4.79 Å². The van der Waals surface area contributed by atoms with Crippen molar-refractivity contribution < 1.29 is 4.79 Å². The van der Waals surface area contributed by atoms with Gasteiger partial charge in [-0.1, -0.05) is 19.3 Å². The van der Waals surface area contributed by atoms with E-state index in [4.69, 9.17) is 9.97 Å². The summed E-state index contributed by atoms with van der Waals surface area (Å²) in [6, 6.07) is 0.856. The van der Waals surface area contributed by atoms with Crippen LogP contribution < -0.4 is 4.90 Å². The normalized spacial score (nSPS) is 21.3. The Morgan fingerprint density at radius 3 is 2.50 bits per heavy atom. The van der Waals surface area contributed by atoms with E-state index in [0.29, 0.717) is 12.1 Å². The third-order valence-electron chi connectivity index (χ3n) is 6.59. The van der Waals surface area contributed by atoms with Crippen LogP contribution in [-0.4, -0.2) is 46.5 Å². The van der Waals surface area contributed by atoms with Crippen molar-refractivity contribution in [2.45, 2.75) is 84.2 Å². The van der Waals surface area contributed by atoms with E-state index < -0.39 is 0 Å². The van der Waals surface area contributed by atoms with Gasteiger partial charge in [0.1, 0.15) is 16.5 Å². The van der Waals surface area contributed by atoms with Crippen LogP contribution in [0.25, 0.3) is 10.2 Å². The smallest absolute Gasteiger partial charge is 0.264 e.